The van der Waals surface area contributed by atoms with Crippen LogP contribution in [0.1, 0.15) is 52.4 Å². The van der Waals surface area contributed by atoms with Crippen molar-refractivity contribution in [3.05, 3.63) is 0 Å². The summed E-state index contributed by atoms with van der Waals surface area (Å²) in [6.07, 6.45) is 5.36. The predicted molar refractivity (Wildman–Crippen MR) is 73.3 cm³/mol. The van der Waals surface area contributed by atoms with E-state index in [1.165, 1.54) is 32.2 Å². The Morgan fingerprint density at radius 3 is 1.83 bits per heavy atom. The zero-order valence-electron chi connectivity index (χ0n) is 12.8. The Bertz CT molecular complexity index is 188. The zero-order valence-corrected chi connectivity index (χ0v) is 12.8. The van der Waals surface area contributed by atoms with Gasteiger partial charge in [-0.1, -0.05) is 39.0 Å². The molecule has 0 aliphatic carbocycles. The smallest absolute Gasteiger partial charge is 0.251 e. The maximum Gasteiger partial charge on any atom is 0.251 e. The quantitative estimate of drug-likeness (QED) is 0.383. The van der Waals surface area contributed by atoms with E-state index in [0.29, 0.717) is 0 Å². The highest BCUT2D eigenvalue weighted by Crippen LogP contribution is 2.04. The maximum atomic E-state index is 9.80. The summed E-state index contributed by atoms with van der Waals surface area (Å²) in [5.74, 6) is 0. The van der Waals surface area contributed by atoms with Crippen LogP contribution in [0.5, 0.6) is 0 Å². The summed E-state index contributed by atoms with van der Waals surface area (Å²) in [5.41, 5.74) is 0. The van der Waals surface area contributed by atoms with Crippen molar-refractivity contribution in [2.45, 2.75) is 52.4 Å². The third-order valence-corrected chi connectivity index (χ3v) is 2.67. The van der Waals surface area contributed by atoms with Gasteiger partial charge in [0.2, 0.25) is 0 Å². The minimum atomic E-state index is -1.41. The summed E-state index contributed by atoms with van der Waals surface area (Å²) in [5, 5.41) is 9.80. The molecule has 0 spiro atoms. The van der Waals surface area contributed by atoms with Gasteiger partial charge in [-0.2, -0.15) is 0 Å². The van der Waals surface area contributed by atoms with Crippen LogP contribution in [-0.2, 0) is 4.74 Å². The van der Waals surface area contributed by atoms with Crippen molar-refractivity contribution in [3.63, 3.8) is 0 Å². The van der Waals surface area contributed by atoms with Gasteiger partial charge in [-0.15, -0.1) is 0 Å². The van der Waals surface area contributed by atoms with E-state index in [2.05, 4.69) is 39.7 Å². The van der Waals surface area contributed by atoms with Crippen molar-refractivity contribution in [3.8, 4) is 0 Å². The number of quaternary nitrogens is 1. The largest absolute Gasteiger partial charge is 0.550 e. The first-order chi connectivity index (χ1) is 8.33. The molecule has 0 aliphatic heterocycles. The number of hydrogen-bond donors (Lipinski definition) is 0. The Morgan fingerprint density at radius 2 is 1.44 bits per heavy atom. The lowest BCUT2D eigenvalue weighted by Gasteiger charge is -2.20. The van der Waals surface area contributed by atoms with Gasteiger partial charge >= 0.3 is 0 Å². The maximum absolute atomic E-state index is 9.80. The summed E-state index contributed by atoms with van der Waals surface area (Å²) < 4.78 is 5.32. The molecular weight excluding hydrogens is 230 g/mol. The van der Waals surface area contributed by atoms with E-state index >= 15 is 0 Å². The molecular formula is C14H31NO3. The molecule has 110 valence electrons. The van der Waals surface area contributed by atoms with E-state index in [4.69, 9.17) is 0 Å². The highest BCUT2D eigenvalue weighted by molar-refractivity contribution is 5.53. The van der Waals surface area contributed by atoms with Crippen molar-refractivity contribution >= 4 is 6.16 Å². The highest BCUT2D eigenvalue weighted by Gasteiger charge is 1.97. The van der Waals surface area contributed by atoms with Crippen LogP contribution < -0.4 is 5.11 Å². The lowest BCUT2D eigenvalue weighted by atomic mass is 10.1. The standard InChI is InChI=1S/C9H18O3.C5H14N/c1-2-3-4-5-6-7-8-12-9(10)11;1-5-6(2,3)4/h2-8H2,1H3,(H,10,11);5H2,1-4H3/q;+1/p-1. The SMILES string of the molecule is CCCCCCCCOC(=O)[O-].CC[N+](C)(C)C. The van der Waals surface area contributed by atoms with E-state index in [1.807, 2.05) is 0 Å². The molecule has 0 rings (SSSR count). The highest BCUT2D eigenvalue weighted by atomic mass is 16.7. The zero-order chi connectivity index (χ0) is 14.4. The average molecular weight is 261 g/mol. The summed E-state index contributed by atoms with van der Waals surface area (Å²) >= 11 is 0. The molecule has 4 heteroatoms. The summed E-state index contributed by atoms with van der Waals surface area (Å²) in [7, 11) is 6.54. The Morgan fingerprint density at radius 1 is 1.00 bits per heavy atom. The fourth-order valence-corrected chi connectivity index (χ4v) is 1.04. The van der Waals surface area contributed by atoms with E-state index in [-0.39, 0.29) is 6.61 Å². The molecule has 0 aliphatic rings. The van der Waals surface area contributed by atoms with Crippen LogP contribution in [-0.4, -0.2) is 44.9 Å². The molecule has 0 aromatic carbocycles. The van der Waals surface area contributed by atoms with Gasteiger partial charge in [0, 0.05) is 6.61 Å². The van der Waals surface area contributed by atoms with Crippen molar-refractivity contribution in [1.82, 2.24) is 0 Å². The molecule has 0 saturated heterocycles. The molecule has 0 bridgehead atoms. The first-order valence-electron chi connectivity index (χ1n) is 6.97. The summed E-state index contributed by atoms with van der Waals surface area (Å²) in [6, 6.07) is 0. The van der Waals surface area contributed by atoms with Crippen LogP contribution in [0, 0.1) is 0 Å². The van der Waals surface area contributed by atoms with Gasteiger partial charge in [-0.05, 0) is 13.3 Å². The molecule has 0 atom stereocenters. The number of ether oxygens (including phenoxy) is 1. The van der Waals surface area contributed by atoms with Gasteiger partial charge in [0.25, 0.3) is 6.16 Å². The monoisotopic (exact) mass is 261 g/mol. The molecule has 0 fully saturated rings. The van der Waals surface area contributed by atoms with E-state index < -0.39 is 6.16 Å². The molecule has 18 heavy (non-hydrogen) atoms. The normalized spacial score (nSPS) is 10.5. The third kappa shape index (κ3) is 24.5. The molecule has 0 unspecified atom stereocenters. The van der Waals surface area contributed by atoms with Crippen LogP contribution in [0.25, 0.3) is 0 Å². The molecule has 0 N–H and O–H groups in total. The predicted octanol–water partition coefficient (Wildman–Crippen LogP) is 2.42. The fourth-order valence-electron chi connectivity index (χ4n) is 1.04. The Labute approximate surface area is 113 Å². The molecule has 0 aromatic heterocycles. The number of nitrogens with zero attached hydrogens (tertiary/aromatic N) is 1. The van der Waals surface area contributed by atoms with Gasteiger partial charge in [0.05, 0.1) is 27.7 Å². The molecule has 0 saturated carbocycles. The number of hydrogen-bond acceptors (Lipinski definition) is 3. The van der Waals surface area contributed by atoms with Gasteiger partial charge < -0.3 is 19.1 Å². The van der Waals surface area contributed by atoms with E-state index in [1.54, 1.807) is 0 Å². The van der Waals surface area contributed by atoms with Crippen LogP contribution in [0.15, 0.2) is 0 Å². The topological polar surface area (TPSA) is 49.4 Å². The van der Waals surface area contributed by atoms with Crippen LogP contribution >= 0.6 is 0 Å². The van der Waals surface area contributed by atoms with Gasteiger partial charge in [-0.3, -0.25) is 0 Å². The van der Waals surface area contributed by atoms with Gasteiger partial charge in [-0.25, -0.2) is 0 Å². The van der Waals surface area contributed by atoms with Crippen LogP contribution in [0.4, 0.5) is 4.79 Å². The lowest BCUT2D eigenvalue weighted by Crippen LogP contribution is -2.33. The molecule has 0 radical (unpaired) electrons. The second-order valence-electron chi connectivity index (χ2n) is 5.47. The number of carbonyl (C=O) groups is 1. The average Bonchev–Trinajstić information content (AvgIpc) is 2.27. The summed E-state index contributed by atoms with van der Waals surface area (Å²) in [4.78, 5) is 9.80. The van der Waals surface area contributed by atoms with Crippen molar-refractivity contribution in [1.29, 1.82) is 0 Å². The number of carbonyl (C=O) groups excluding carboxylic acids is 1. The van der Waals surface area contributed by atoms with Crippen molar-refractivity contribution in [2.24, 2.45) is 0 Å². The Hall–Kier alpha value is -0.770. The first kappa shape index (κ1) is 19.6. The Balaban J connectivity index is 0. The molecule has 4 nitrogen and oxygen atoms in total. The van der Waals surface area contributed by atoms with Crippen molar-refractivity contribution < 1.29 is 19.1 Å². The fraction of sp³-hybridized carbons (Fsp3) is 0.929. The van der Waals surface area contributed by atoms with E-state index in [9.17, 15) is 9.90 Å². The third-order valence-electron chi connectivity index (χ3n) is 2.67. The summed E-state index contributed by atoms with van der Waals surface area (Å²) in [6.45, 7) is 5.84. The minimum Gasteiger partial charge on any atom is -0.550 e. The number of rotatable bonds is 8. The van der Waals surface area contributed by atoms with Crippen molar-refractivity contribution in [2.75, 3.05) is 34.3 Å². The minimum absolute atomic E-state index is 0.286. The lowest BCUT2D eigenvalue weighted by molar-refractivity contribution is -0.868. The second kappa shape index (κ2) is 12.7. The first-order valence-corrected chi connectivity index (χ1v) is 6.97. The van der Waals surface area contributed by atoms with Crippen LogP contribution in [0.2, 0.25) is 0 Å². The number of unbranched alkanes of at least 4 members (excludes halogenated alkanes) is 5. The van der Waals surface area contributed by atoms with Gasteiger partial charge in [0.15, 0.2) is 0 Å². The Kier molecular flexibility index (Phi) is 13.8. The molecule has 0 heterocycles. The molecule has 0 amide bonds. The number of carboxylic acid groups (broad SMARTS) is 1. The van der Waals surface area contributed by atoms with E-state index in [0.717, 1.165) is 17.3 Å². The van der Waals surface area contributed by atoms with Crippen LogP contribution in [0.3, 0.4) is 0 Å². The van der Waals surface area contributed by atoms with Gasteiger partial charge in [0.1, 0.15) is 0 Å². The molecule has 0 aromatic rings. The second-order valence-corrected chi connectivity index (χ2v) is 5.47.